The predicted molar refractivity (Wildman–Crippen MR) is 108 cm³/mol. The molecule has 1 N–H and O–H groups in total. The van der Waals surface area contributed by atoms with E-state index in [1.165, 1.54) is 7.11 Å². The Bertz CT molecular complexity index is 871. The van der Waals surface area contributed by atoms with E-state index in [-0.39, 0.29) is 17.7 Å². The van der Waals surface area contributed by atoms with E-state index in [2.05, 4.69) is 5.32 Å². The zero-order valence-corrected chi connectivity index (χ0v) is 16.7. The van der Waals surface area contributed by atoms with E-state index >= 15 is 0 Å². The molecule has 0 aromatic heterocycles. The molecule has 1 saturated heterocycles. The highest BCUT2D eigenvalue weighted by atomic mass is 35.5. The van der Waals surface area contributed by atoms with Gasteiger partial charge in [-0.25, -0.2) is 0 Å². The molecule has 6 nitrogen and oxygen atoms in total. The molecule has 1 aliphatic heterocycles. The molecule has 2 amide bonds. The summed E-state index contributed by atoms with van der Waals surface area (Å²) in [7, 11) is 3.11. The van der Waals surface area contributed by atoms with E-state index in [9.17, 15) is 9.59 Å². The Hall–Kier alpha value is -2.73. The topological polar surface area (TPSA) is 67.9 Å². The van der Waals surface area contributed by atoms with Gasteiger partial charge in [-0.3, -0.25) is 9.59 Å². The van der Waals surface area contributed by atoms with Crippen molar-refractivity contribution < 1.29 is 19.1 Å². The molecule has 1 aliphatic rings. The lowest BCUT2D eigenvalue weighted by atomic mass is 9.96. The van der Waals surface area contributed by atoms with Crippen LogP contribution in [-0.4, -0.2) is 44.0 Å². The summed E-state index contributed by atoms with van der Waals surface area (Å²) in [4.78, 5) is 27.3. The molecule has 0 bridgehead atoms. The average Bonchev–Trinajstić information content (AvgIpc) is 2.73. The molecule has 148 valence electrons. The summed E-state index contributed by atoms with van der Waals surface area (Å²) in [6.45, 7) is 0.997. The van der Waals surface area contributed by atoms with Crippen molar-refractivity contribution in [2.75, 3.05) is 32.6 Å². The van der Waals surface area contributed by atoms with Gasteiger partial charge in [0.2, 0.25) is 5.91 Å². The Morgan fingerprint density at radius 3 is 2.68 bits per heavy atom. The second-order valence-electron chi connectivity index (χ2n) is 6.66. The largest absolute Gasteiger partial charge is 0.497 e. The Morgan fingerprint density at radius 2 is 1.96 bits per heavy atom. The Balaban J connectivity index is 1.68. The van der Waals surface area contributed by atoms with Crippen LogP contribution in [0.25, 0.3) is 0 Å². The molecule has 0 radical (unpaired) electrons. The molecule has 0 spiro atoms. The number of amides is 2. The highest BCUT2D eigenvalue weighted by molar-refractivity contribution is 6.30. The zero-order valence-electron chi connectivity index (χ0n) is 15.9. The number of carbonyl (C=O) groups excluding carboxylic acids is 2. The second-order valence-corrected chi connectivity index (χ2v) is 7.09. The molecule has 7 heteroatoms. The van der Waals surface area contributed by atoms with Gasteiger partial charge in [0.05, 0.1) is 25.8 Å². The number of hydrogen-bond acceptors (Lipinski definition) is 4. The van der Waals surface area contributed by atoms with Gasteiger partial charge in [0.15, 0.2) is 0 Å². The lowest BCUT2D eigenvalue weighted by Gasteiger charge is -2.32. The number of likely N-dealkylation sites (tertiary alicyclic amines) is 1. The van der Waals surface area contributed by atoms with Crippen molar-refractivity contribution in [3.63, 3.8) is 0 Å². The molecule has 3 rings (SSSR count). The van der Waals surface area contributed by atoms with Crippen molar-refractivity contribution in [1.29, 1.82) is 0 Å². The zero-order chi connectivity index (χ0) is 20.1. The third-order valence-electron chi connectivity index (χ3n) is 4.82. The maximum Gasteiger partial charge on any atom is 0.253 e. The van der Waals surface area contributed by atoms with Gasteiger partial charge < -0.3 is 19.7 Å². The minimum atomic E-state index is -0.288. The molecule has 0 saturated carbocycles. The van der Waals surface area contributed by atoms with E-state index < -0.39 is 0 Å². The van der Waals surface area contributed by atoms with Gasteiger partial charge in [-0.1, -0.05) is 17.7 Å². The van der Waals surface area contributed by atoms with Crippen molar-refractivity contribution >= 4 is 29.1 Å². The SMILES string of the molecule is COc1ccc(NC(=O)[C@H]2CCCN(C(=O)c3cccc(Cl)c3)C2)c(OC)c1. The minimum absolute atomic E-state index is 0.109. The highest BCUT2D eigenvalue weighted by Crippen LogP contribution is 2.30. The Labute approximate surface area is 169 Å². The molecular weight excluding hydrogens is 380 g/mol. The smallest absolute Gasteiger partial charge is 0.253 e. The fourth-order valence-electron chi connectivity index (χ4n) is 3.32. The van der Waals surface area contributed by atoms with Gasteiger partial charge in [-0.05, 0) is 43.2 Å². The van der Waals surface area contributed by atoms with Gasteiger partial charge in [0, 0.05) is 29.7 Å². The van der Waals surface area contributed by atoms with Crippen LogP contribution in [0.1, 0.15) is 23.2 Å². The lowest BCUT2D eigenvalue weighted by molar-refractivity contribution is -0.121. The molecular formula is C21H23ClN2O4. The van der Waals surface area contributed by atoms with Crippen molar-refractivity contribution in [2.24, 2.45) is 5.92 Å². The first kappa shape index (κ1) is 20.0. The monoisotopic (exact) mass is 402 g/mol. The van der Waals surface area contributed by atoms with Crippen LogP contribution in [0, 0.1) is 5.92 Å². The standard InChI is InChI=1S/C21H23ClN2O4/c1-27-17-8-9-18(19(12-17)28-2)23-20(25)15-6-4-10-24(13-15)21(26)14-5-3-7-16(22)11-14/h3,5,7-9,11-12,15H,4,6,10,13H2,1-2H3,(H,23,25)/t15-/m0/s1. The Morgan fingerprint density at radius 1 is 1.14 bits per heavy atom. The van der Waals surface area contributed by atoms with Crippen LogP contribution in [0.3, 0.4) is 0 Å². The van der Waals surface area contributed by atoms with Crippen molar-refractivity contribution in [2.45, 2.75) is 12.8 Å². The summed E-state index contributed by atoms with van der Waals surface area (Å²) in [5.74, 6) is 0.638. The number of ether oxygens (including phenoxy) is 2. The first-order valence-electron chi connectivity index (χ1n) is 9.09. The summed E-state index contributed by atoms with van der Waals surface area (Å²) in [6.07, 6.45) is 1.49. The van der Waals surface area contributed by atoms with Crippen LogP contribution in [-0.2, 0) is 4.79 Å². The van der Waals surface area contributed by atoms with Crippen LogP contribution in [0.2, 0.25) is 5.02 Å². The number of halogens is 1. The molecule has 1 fully saturated rings. The van der Waals surface area contributed by atoms with E-state index in [1.54, 1.807) is 54.5 Å². The van der Waals surface area contributed by atoms with Gasteiger partial charge in [0.25, 0.3) is 5.91 Å². The first-order valence-corrected chi connectivity index (χ1v) is 9.47. The molecule has 0 aliphatic carbocycles. The summed E-state index contributed by atoms with van der Waals surface area (Å²) in [6, 6.07) is 12.1. The fraction of sp³-hybridized carbons (Fsp3) is 0.333. The second kappa shape index (κ2) is 8.97. The van der Waals surface area contributed by atoms with Gasteiger partial charge >= 0.3 is 0 Å². The van der Waals surface area contributed by atoms with Crippen LogP contribution < -0.4 is 14.8 Å². The van der Waals surface area contributed by atoms with Gasteiger partial charge in [-0.15, -0.1) is 0 Å². The third-order valence-corrected chi connectivity index (χ3v) is 5.05. The van der Waals surface area contributed by atoms with Gasteiger partial charge in [0.1, 0.15) is 11.5 Å². The summed E-state index contributed by atoms with van der Waals surface area (Å²) < 4.78 is 10.5. The lowest BCUT2D eigenvalue weighted by Crippen LogP contribution is -2.43. The van der Waals surface area contributed by atoms with Crippen LogP contribution in [0.4, 0.5) is 5.69 Å². The number of nitrogens with one attached hydrogen (secondary N) is 1. The van der Waals surface area contributed by atoms with E-state index in [4.69, 9.17) is 21.1 Å². The fourth-order valence-corrected chi connectivity index (χ4v) is 3.51. The van der Waals surface area contributed by atoms with E-state index in [0.29, 0.717) is 40.9 Å². The van der Waals surface area contributed by atoms with Crippen molar-refractivity contribution in [3.05, 3.63) is 53.1 Å². The number of nitrogens with zero attached hydrogens (tertiary/aromatic N) is 1. The summed E-state index contributed by atoms with van der Waals surface area (Å²) >= 11 is 5.99. The van der Waals surface area contributed by atoms with E-state index in [1.807, 2.05) is 0 Å². The number of piperidine rings is 1. The number of carbonyl (C=O) groups is 2. The van der Waals surface area contributed by atoms with Crippen LogP contribution >= 0.6 is 11.6 Å². The number of hydrogen-bond donors (Lipinski definition) is 1. The first-order chi connectivity index (χ1) is 13.5. The average molecular weight is 403 g/mol. The number of benzene rings is 2. The Kier molecular flexibility index (Phi) is 6.41. The maximum absolute atomic E-state index is 12.8. The van der Waals surface area contributed by atoms with E-state index in [0.717, 1.165) is 12.8 Å². The molecule has 2 aromatic rings. The van der Waals surface area contributed by atoms with Crippen LogP contribution in [0.5, 0.6) is 11.5 Å². The minimum Gasteiger partial charge on any atom is -0.497 e. The molecule has 2 aromatic carbocycles. The third kappa shape index (κ3) is 4.57. The van der Waals surface area contributed by atoms with Crippen LogP contribution in [0.15, 0.2) is 42.5 Å². The molecule has 28 heavy (non-hydrogen) atoms. The highest BCUT2D eigenvalue weighted by Gasteiger charge is 2.29. The van der Waals surface area contributed by atoms with Crippen molar-refractivity contribution in [1.82, 2.24) is 4.90 Å². The summed E-state index contributed by atoms with van der Waals surface area (Å²) in [5, 5.41) is 3.43. The number of methoxy groups -OCH3 is 2. The molecule has 0 unspecified atom stereocenters. The predicted octanol–water partition coefficient (Wildman–Crippen LogP) is 3.85. The molecule has 1 heterocycles. The number of anilines is 1. The normalized spacial score (nSPS) is 16.4. The number of rotatable bonds is 5. The molecule has 1 atom stereocenters. The van der Waals surface area contributed by atoms with Gasteiger partial charge in [-0.2, -0.15) is 0 Å². The maximum atomic E-state index is 12.8. The van der Waals surface area contributed by atoms with Crippen molar-refractivity contribution in [3.8, 4) is 11.5 Å². The summed E-state index contributed by atoms with van der Waals surface area (Å²) in [5.41, 5.74) is 1.11. The quantitative estimate of drug-likeness (QED) is 0.824.